The fourth-order valence-corrected chi connectivity index (χ4v) is 4.18. The van der Waals surface area contributed by atoms with Crippen molar-refractivity contribution in [3.05, 3.63) is 77.8 Å². The lowest BCUT2D eigenvalue weighted by atomic mass is 10.0. The highest BCUT2D eigenvalue weighted by molar-refractivity contribution is 5.94. The van der Waals surface area contributed by atoms with Gasteiger partial charge in [-0.25, -0.2) is 14.4 Å². The lowest BCUT2D eigenvalue weighted by Gasteiger charge is -2.16. The number of H-pyrrole nitrogens is 2. The molecule has 0 fully saturated rings. The lowest BCUT2D eigenvalue weighted by molar-refractivity contribution is 0.503. The molecular weight excluding hydrogens is 405 g/mol. The molecule has 158 valence electrons. The van der Waals surface area contributed by atoms with Crippen molar-refractivity contribution < 1.29 is 4.39 Å². The van der Waals surface area contributed by atoms with Crippen LogP contribution in [0, 0.1) is 5.82 Å². The second-order valence-electron chi connectivity index (χ2n) is 7.76. The molecule has 0 aliphatic carbocycles. The van der Waals surface area contributed by atoms with E-state index in [1.807, 2.05) is 36.5 Å². The SMILES string of the molecule is Fc1cccc(-c2cccc3[nH]c(-c4[nH]ncc4/C=C/c4cnc5n4CCNC5)nc23)c1. The molecule has 0 radical (unpaired) electrons. The summed E-state index contributed by atoms with van der Waals surface area (Å²) in [5, 5.41) is 10.6. The molecule has 6 rings (SSSR count). The number of aromatic nitrogens is 6. The second-order valence-corrected chi connectivity index (χ2v) is 7.76. The van der Waals surface area contributed by atoms with E-state index >= 15 is 0 Å². The summed E-state index contributed by atoms with van der Waals surface area (Å²) in [5.41, 5.74) is 6.10. The zero-order chi connectivity index (χ0) is 21.5. The van der Waals surface area contributed by atoms with E-state index in [1.165, 1.54) is 12.1 Å². The molecule has 0 atom stereocenters. The highest BCUT2D eigenvalue weighted by atomic mass is 19.1. The van der Waals surface area contributed by atoms with Gasteiger partial charge in [0, 0.05) is 24.2 Å². The normalized spacial score (nSPS) is 13.8. The molecule has 5 aromatic rings. The molecule has 0 spiro atoms. The van der Waals surface area contributed by atoms with Gasteiger partial charge in [-0.1, -0.05) is 24.3 Å². The summed E-state index contributed by atoms with van der Waals surface area (Å²) in [6.07, 6.45) is 7.75. The van der Waals surface area contributed by atoms with Crippen LogP contribution in [-0.2, 0) is 13.1 Å². The van der Waals surface area contributed by atoms with Crippen LogP contribution in [-0.4, -0.2) is 36.3 Å². The molecule has 8 heteroatoms. The van der Waals surface area contributed by atoms with Crippen LogP contribution < -0.4 is 5.32 Å². The van der Waals surface area contributed by atoms with Gasteiger partial charge < -0.3 is 14.9 Å². The van der Waals surface area contributed by atoms with Crippen molar-refractivity contribution in [3.8, 4) is 22.6 Å². The summed E-state index contributed by atoms with van der Waals surface area (Å²) < 4.78 is 16.0. The van der Waals surface area contributed by atoms with Crippen molar-refractivity contribution in [1.29, 1.82) is 0 Å². The number of halogens is 1. The van der Waals surface area contributed by atoms with E-state index < -0.39 is 0 Å². The van der Waals surface area contributed by atoms with E-state index in [2.05, 4.69) is 36.1 Å². The van der Waals surface area contributed by atoms with Crippen LogP contribution in [0.2, 0.25) is 0 Å². The van der Waals surface area contributed by atoms with Crippen molar-refractivity contribution in [3.63, 3.8) is 0 Å². The van der Waals surface area contributed by atoms with E-state index in [-0.39, 0.29) is 5.82 Å². The Hall–Kier alpha value is -4.04. The van der Waals surface area contributed by atoms with Gasteiger partial charge in [0.1, 0.15) is 17.3 Å². The van der Waals surface area contributed by atoms with Crippen LogP contribution in [0.15, 0.2) is 54.9 Å². The predicted molar refractivity (Wildman–Crippen MR) is 122 cm³/mol. The highest BCUT2D eigenvalue weighted by Gasteiger charge is 2.15. The molecule has 1 aliphatic heterocycles. The van der Waals surface area contributed by atoms with Gasteiger partial charge in [-0.3, -0.25) is 5.10 Å². The number of hydrogen-bond acceptors (Lipinski definition) is 4. The first-order valence-corrected chi connectivity index (χ1v) is 10.5. The molecule has 32 heavy (non-hydrogen) atoms. The number of fused-ring (bicyclic) bond motifs is 2. The number of nitrogens with one attached hydrogen (secondary N) is 3. The molecule has 0 saturated carbocycles. The maximum absolute atomic E-state index is 13.8. The van der Waals surface area contributed by atoms with Crippen LogP contribution in [0.1, 0.15) is 17.1 Å². The summed E-state index contributed by atoms with van der Waals surface area (Å²) in [4.78, 5) is 12.7. The van der Waals surface area contributed by atoms with Gasteiger partial charge >= 0.3 is 0 Å². The summed E-state index contributed by atoms with van der Waals surface area (Å²) >= 11 is 0. The van der Waals surface area contributed by atoms with E-state index in [0.29, 0.717) is 5.82 Å². The standard InChI is InChI=1S/C24H20FN7/c25-17-4-1-3-15(11-17)19-5-2-6-20-23(19)30-24(29-20)22-16(12-28-31-22)7-8-18-13-27-21-14-26-9-10-32(18)21/h1-8,11-13,26H,9-10,14H2,(H,28,31)(H,29,30)/b8-7+. The Morgan fingerprint density at radius 3 is 2.94 bits per heavy atom. The molecule has 0 saturated heterocycles. The first kappa shape index (κ1) is 18.7. The maximum Gasteiger partial charge on any atom is 0.157 e. The number of hydrogen-bond donors (Lipinski definition) is 3. The Kier molecular flexibility index (Phi) is 4.43. The summed E-state index contributed by atoms with van der Waals surface area (Å²) in [5.74, 6) is 1.46. The third kappa shape index (κ3) is 3.21. The molecule has 2 aromatic carbocycles. The first-order chi connectivity index (χ1) is 15.8. The van der Waals surface area contributed by atoms with Crippen LogP contribution in [0.5, 0.6) is 0 Å². The van der Waals surface area contributed by atoms with Crippen LogP contribution in [0.4, 0.5) is 4.39 Å². The molecular formula is C24H20FN7. The number of para-hydroxylation sites is 1. The Bertz CT molecular complexity index is 1460. The minimum atomic E-state index is -0.269. The van der Waals surface area contributed by atoms with E-state index in [9.17, 15) is 4.39 Å². The fraction of sp³-hybridized carbons (Fsp3) is 0.125. The van der Waals surface area contributed by atoms with Gasteiger partial charge in [0.15, 0.2) is 5.82 Å². The van der Waals surface area contributed by atoms with Crippen molar-refractivity contribution in [2.45, 2.75) is 13.1 Å². The quantitative estimate of drug-likeness (QED) is 0.402. The van der Waals surface area contributed by atoms with Gasteiger partial charge in [0.2, 0.25) is 0 Å². The zero-order valence-corrected chi connectivity index (χ0v) is 17.1. The molecule has 4 heterocycles. The van der Waals surface area contributed by atoms with Crippen LogP contribution in [0.25, 0.3) is 45.8 Å². The highest BCUT2D eigenvalue weighted by Crippen LogP contribution is 2.30. The van der Waals surface area contributed by atoms with Gasteiger partial charge in [0.05, 0.1) is 35.7 Å². The molecule has 0 unspecified atom stereocenters. The number of aromatic amines is 2. The third-order valence-electron chi connectivity index (χ3n) is 5.75. The molecule has 1 aliphatic rings. The van der Waals surface area contributed by atoms with Crippen molar-refractivity contribution in [2.24, 2.45) is 0 Å². The fourth-order valence-electron chi connectivity index (χ4n) is 4.18. The van der Waals surface area contributed by atoms with E-state index in [4.69, 9.17) is 4.98 Å². The Morgan fingerprint density at radius 2 is 2.00 bits per heavy atom. The minimum Gasteiger partial charge on any atom is -0.337 e. The number of imidazole rings is 2. The lowest BCUT2D eigenvalue weighted by Crippen LogP contribution is -2.28. The largest absolute Gasteiger partial charge is 0.337 e. The number of nitrogens with zero attached hydrogens (tertiary/aromatic N) is 4. The predicted octanol–water partition coefficient (Wildman–Crippen LogP) is 4.23. The van der Waals surface area contributed by atoms with Crippen molar-refractivity contribution in [2.75, 3.05) is 6.54 Å². The van der Waals surface area contributed by atoms with Gasteiger partial charge in [-0.05, 0) is 35.9 Å². The Labute approximate surface area is 183 Å². The molecule has 3 aromatic heterocycles. The monoisotopic (exact) mass is 425 g/mol. The molecule has 3 N–H and O–H groups in total. The molecule has 0 bridgehead atoms. The smallest absolute Gasteiger partial charge is 0.157 e. The summed E-state index contributed by atoms with van der Waals surface area (Å²) in [7, 11) is 0. The van der Waals surface area contributed by atoms with Crippen LogP contribution >= 0.6 is 0 Å². The van der Waals surface area contributed by atoms with Gasteiger partial charge in [0.25, 0.3) is 0 Å². The van der Waals surface area contributed by atoms with E-state index in [0.717, 1.165) is 64.6 Å². The third-order valence-corrected chi connectivity index (χ3v) is 5.75. The first-order valence-electron chi connectivity index (χ1n) is 10.5. The second kappa shape index (κ2) is 7.58. The molecule has 7 nitrogen and oxygen atoms in total. The maximum atomic E-state index is 13.8. The van der Waals surface area contributed by atoms with Crippen LogP contribution in [0.3, 0.4) is 0 Å². The average molecular weight is 425 g/mol. The number of benzene rings is 2. The topological polar surface area (TPSA) is 87.2 Å². The summed E-state index contributed by atoms with van der Waals surface area (Å²) in [6.45, 7) is 2.63. The van der Waals surface area contributed by atoms with Gasteiger partial charge in [-0.15, -0.1) is 0 Å². The van der Waals surface area contributed by atoms with Crippen molar-refractivity contribution in [1.82, 2.24) is 35.0 Å². The van der Waals surface area contributed by atoms with Crippen molar-refractivity contribution >= 4 is 23.2 Å². The zero-order valence-electron chi connectivity index (χ0n) is 17.1. The minimum absolute atomic E-state index is 0.269. The Morgan fingerprint density at radius 1 is 1.06 bits per heavy atom. The van der Waals surface area contributed by atoms with Gasteiger partial charge in [-0.2, -0.15) is 5.10 Å². The Balaban J connectivity index is 1.38. The molecule has 0 amide bonds. The van der Waals surface area contributed by atoms with E-state index in [1.54, 1.807) is 12.3 Å². The number of rotatable bonds is 4. The summed E-state index contributed by atoms with van der Waals surface area (Å²) in [6, 6.07) is 12.4. The average Bonchev–Trinajstić information content (AvgIpc) is 3.54.